The van der Waals surface area contributed by atoms with Gasteiger partial charge in [-0.15, -0.1) is 0 Å². The zero-order valence-corrected chi connectivity index (χ0v) is 12.5. The van der Waals surface area contributed by atoms with E-state index in [1.165, 1.54) is 12.2 Å². The number of anilines is 1. The van der Waals surface area contributed by atoms with Crippen molar-refractivity contribution in [3.8, 4) is 0 Å². The number of carbonyl (C=O) groups is 1. The van der Waals surface area contributed by atoms with Gasteiger partial charge in [-0.1, -0.05) is 24.3 Å². The molecule has 6 heteroatoms. The largest absolute Gasteiger partial charge is 0.350 e. The molecule has 1 fully saturated rings. The summed E-state index contributed by atoms with van der Waals surface area (Å²) < 4.78 is 0. The maximum Gasteiger partial charge on any atom is 0.270 e. The molecular formula is C15H18N4OS. The first-order valence-electron chi connectivity index (χ1n) is 7.00. The van der Waals surface area contributed by atoms with E-state index < -0.39 is 0 Å². The maximum atomic E-state index is 12.3. The molecule has 1 amide bonds. The van der Waals surface area contributed by atoms with Crippen molar-refractivity contribution in [2.45, 2.75) is 6.42 Å². The number of aromatic nitrogens is 1. The van der Waals surface area contributed by atoms with Crippen LogP contribution in [-0.2, 0) is 0 Å². The van der Waals surface area contributed by atoms with Crippen molar-refractivity contribution in [2.24, 2.45) is 11.8 Å². The van der Waals surface area contributed by atoms with Gasteiger partial charge in [-0.05, 0) is 35.3 Å². The van der Waals surface area contributed by atoms with Crippen LogP contribution >= 0.6 is 11.8 Å². The van der Waals surface area contributed by atoms with Gasteiger partial charge in [0.25, 0.3) is 5.91 Å². The highest BCUT2D eigenvalue weighted by Crippen LogP contribution is 2.23. The number of nitrogen functional groups attached to an aromatic ring is 1. The van der Waals surface area contributed by atoms with Gasteiger partial charge >= 0.3 is 0 Å². The Morgan fingerprint density at radius 1 is 1.43 bits per heavy atom. The number of benzene rings is 1. The lowest BCUT2D eigenvalue weighted by Gasteiger charge is -2.11. The average molecular weight is 302 g/mol. The molecule has 3 rings (SSSR count). The molecule has 0 bridgehead atoms. The Kier molecular flexibility index (Phi) is 4.26. The molecule has 1 unspecified atom stereocenters. The highest BCUT2D eigenvalue weighted by Gasteiger charge is 2.17. The minimum atomic E-state index is -0.144. The number of fused-ring (bicyclic) bond motifs is 1. The Morgan fingerprint density at radius 2 is 2.29 bits per heavy atom. The van der Waals surface area contributed by atoms with E-state index in [2.05, 4.69) is 15.7 Å². The third-order valence-electron chi connectivity index (χ3n) is 3.69. The number of hydrogen-bond donors (Lipinski definition) is 3. The number of nitrogens with two attached hydrogens (primary N) is 1. The van der Waals surface area contributed by atoms with Gasteiger partial charge in [0.1, 0.15) is 11.5 Å². The monoisotopic (exact) mass is 302 g/mol. The van der Waals surface area contributed by atoms with E-state index >= 15 is 0 Å². The van der Waals surface area contributed by atoms with Crippen LogP contribution in [0.25, 0.3) is 10.8 Å². The van der Waals surface area contributed by atoms with Crippen LogP contribution in [0.15, 0.2) is 30.3 Å². The van der Waals surface area contributed by atoms with E-state index in [1.54, 1.807) is 6.07 Å². The molecule has 1 aromatic carbocycles. The van der Waals surface area contributed by atoms with Crippen LogP contribution in [0.2, 0.25) is 0 Å². The van der Waals surface area contributed by atoms with E-state index in [0.29, 0.717) is 24.0 Å². The first kappa shape index (κ1) is 14.2. The summed E-state index contributed by atoms with van der Waals surface area (Å²) in [6.45, 7) is 0.714. The third-order valence-corrected chi connectivity index (χ3v) is 4.92. The van der Waals surface area contributed by atoms with Crippen LogP contribution in [0.3, 0.4) is 0 Å². The summed E-state index contributed by atoms with van der Waals surface area (Å²) in [5.74, 6) is 8.78. The molecule has 110 valence electrons. The summed E-state index contributed by atoms with van der Waals surface area (Å²) in [4.78, 5) is 16.6. The Bertz CT molecular complexity index is 655. The van der Waals surface area contributed by atoms with Gasteiger partial charge in [-0.2, -0.15) is 11.8 Å². The summed E-state index contributed by atoms with van der Waals surface area (Å²) in [7, 11) is 0. The van der Waals surface area contributed by atoms with E-state index in [0.717, 1.165) is 16.5 Å². The van der Waals surface area contributed by atoms with Gasteiger partial charge in [0.15, 0.2) is 0 Å². The van der Waals surface area contributed by atoms with Crippen LogP contribution in [0.5, 0.6) is 0 Å². The van der Waals surface area contributed by atoms with Crippen molar-refractivity contribution in [1.29, 1.82) is 0 Å². The van der Waals surface area contributed by atoms with Crippen LogP contribution in [0.1, 0.15) is 16.9 Å². The Morgan fingerprint density at radius 3 is 3.05 bits per heavy atom. The zero-order valence-electron chi connectivity index (χ0n) is 11.6. The number of carbonyl (C=O) groups excluding carboxylic acids is 1. The fourth-order valence-corrected chi connectivity index (χ4v) is 3.78. The smallest absolute Gasteiger partial charge is 0.270 e. The number of nitrogens with one attached hydrogen (secondary N) is 2. The van der Waals surface area contributed by atoms with Gasteiger partial charge < -0.3 is 10.7 Å². The van der Waals surface area contributed by atoms with Crippen molar-refractivity contribution in [3.05, 3.63) is 36.0 Å². The molecule has 1 aliphatic heterocycles. The lowest BCUT2D eigenvalue weighted by molar-refractivity contribution is 0.0944. The molecular weight excluding hydrogens is 284 g/mol. The quantitative estimate of drug-likeness (QED) is 0.594. The standard InChI is InChI=1S/C15H18N4OS/c16-19-14-12-4-2-1-3-11(12)7-13(18-14)15(20)17-8-10-5-6-21-9-10/h1-4,7,10H,5-6,8-9,16H2,(H,17,20)(H,18,19). The summed E-state index contributed by atoms with van der Waals surface area (Å²) in [6, 6.07) is 9.52. The summed E-state index contributed by atoms with van der Waals surface area (Å²) in [6.07, 6.45) is 1.17. The number of nitrogens with zero attached hydrogens (tertiary/aromatic N) is 1. The molecule has 0 aliphatic carbocycles. The van der Waals surface area contributed by atoms with Crippen molar-refractivity contribution in [2.75, 3.05) is 23.5 Å². The van der Waals surface area contributed by atoms with Crippen LogP contribution in [0, 0.1) is 5.92 Å². The topological polar surface area (TPSA) is 80.0 Å². The second kappa shape index (κ2) is 6.32. The van der Waals surface area contributed by atoms with Crippen LogP contribution in [0.4, 0.5) is 5.82 Å². The maximum absolute atomic E-state index is 12.3. The molecule has 1 atom stereocenters. The van der Waals surface area contributed by atoms with Gasteiger partial charge in [-0.25, -0.2) is 10.8 Å². The van der Waals surface area contributed by atoms with E-state index in [-0.39, 0.29) is 5.91 Å². The van der Waals surface area contributed by atoms with Crippen LogP contribution in [-0.4, -0.2) is 28.9 Å². The molecule has 0 radical (unpaired) electrons. The second-order valence-corrected chi connectivity index (χ2v) is 6.31. The van der Waals surface area contributed by atoms with Crippen molar-refractivity contribution >= 4 is 34.3 Å². The summed E-state index contributed by atoms with van der Waals surface area (Å²) in [5, 5.41) is 4.83. The molecule has 4 N–H and O–H groups in total. The SMILES string of the molecule is NNc1nc(C(=O)NCC2CCSC2)cc2ccccc12. The van der Waals surface area contributed by atoms with Gasteiger partial charge in [0.2, 0.25) is 0 Å². The van der Waals surface area contributed by atoms with Crippen molar-refractivity contribution < 1.29 is 4.79 Å². The lowest BCUT2D eigenvalue weighted by Crippen LogP contribution is -2.30. The molecule has 21 heavy (non-hydrogen) atoms. The number of pyridine rings is 1. The molecule has 1 aliphatic rings. The van der Waals surface area contributed by atoms with Gasteiger partial charge in [0, 0.05) is 11.9 Å². The highest BCUT2D eigenvalue weighted by atomic mass is 32.2. The highest BCUT2D eigenvalue weighted by molar-refractivity contribution is 7.99. The fraction of sp³-hybridized carbons (Fsp3) is 0.333. The third kappa shape index (κ3) is 3.11. The summed E-state index contributed by atoms with van der Waals surface area (Å²) >= 11 is 1.94. The molecule has 1 aromatic heterocycles. The summed E-state index contributed by atoms with van der Waals surface area (Å²) in [5.41, 5.74) is 2.96. The first-order valence-corrected chi connectivity index (χ1v) is 8.16. The molecule has 5 nitrogen and oxygen atoms in total. The molecule has 0 saturated carbocycles. The molecule has 0 spiro atoms. The number of rotatable bonds is 4. The normalized spacial score (nSPS) is 17.9. The Hall–Kier alpha value is -1.79. The van der Waals surface area contributed by atoms with Crippen LogP contribution < -0.4 is 16.6 Å². The lowest BCUT2D eigenvalue weighted by atomic mass is 10.1. The van der Waals surface area contributed by atoms with Crippen molar-refractivity contribution in [3.63, 3.8) is 0 Å². The Balaban J connectivity index is 1.80. The number of hydrogen-bond acceptors (Lipinski definition) is 5. The minimum Gasteiger partial charge on any atom is -0.350 e. The number of thioether (sulfide) groups is 1. The minimum absolute atomic E-state index is 0.144. The second-order valence-electron chi connectivity index (χ2n) is 5.16. The predicted molar refractivity (Wildman–Crippen MR) is 87.3 cm³/mol. The number of amides is 1. The van der Waals surface area contributed by atoms with E-state index in [1.807, 2.05) is 36.0 Å². The van der Waals surface area contributed by atoms with Crippen molar-refractivity contribution in [1.82, 2.24) is 10.3 Å². The van der Waals surface area contributed by atoms with Gasteiger partial charge in [0.05, 0.1) is 0 Å². The number of hydrazine groups is 1. The fourth-order valence-electron chi connectivity index (χ4n) is 2.50. The predicted octanol–water partition coefficient (Wildman–Crippen LogP) is 2.00. The van der Waals surface area contributed by atoms with E-state index in [4.69, 9.17) is 5.84 Å². The average Bonchev–Trinajstić information content (AvgIpc) is 3.04. The van der Waals surface area contributed by atoms with E-state index in [9.17, 15) is 4.79 Å². The van der Waals surface area contributed by atoms with Gasteiger partial charge in [-0.3, -0.25) is 4.79 Å². The Labute approximate surface area is 127 Å². The zero-order chi connectivity index (χ0) is 14.7. The molecule has 2 aromatic rings. The first-order chi connectivity index (χ1) is 10.3. The molecule has 2 heterocycles. The molecule has 1 saturated heterocycles.